The van der Waals surface area contributed by atoms with Crippen LogP contribution in [-0.2, 0) is 6.54 Å². The minimum Gasteiger partial charge on any atom is -0.496 e. The van der Waals surface area contributed by atoms with Gasteiger partial charge < -0.3 is 15.4 Å². The van der Waals surface area contributed by atoms with Crippen molar-refractivity contribution in [1.29, 1.82) is 0 Å². The number of nitrogens with one attached hydrogen (secondary N) is 2. The van der Waals surface area contributed by atoms with Crippen LogP contribution < -0.4 is 15.4 Å². The van der Waals surface area contributed by atoms with E-state index < -0.39 is 6.43 Å². The summed E-state index contributed by atoms with van der Waals surface area (Å²) >= 11 is 5.97. The Morgan fingerprint density at radius 1 is 1.38 bits per heavy atom. The summed E-state index contributed by atoms with van der Waals surface area (Å²) in [4.78, 5) is 6.03. The monoisotopic (exact) mass is 502 g/mol. The van der Waals surface area contributed by atoms with Gasteiger partial charge in [-0.2, -0.15) is 0 Å². The lowest BCUT2D eigenvalue weighted by Gasteiger charge is -2.32. The van der Waals surface area contributed by atoms with Crippen LogP contribution in [-0.4, -0.2) is 57.1 Å². The van der Waals surface area contributed by atoms with Gasteiger partial charge in [-0.25, -0.2) is 8.78 Å². The molecule has 0 atom stereocenters. The number of halogens is 4. The van der Waals surface area contributed by atoms with E-state index in [9.17, 15) is 8.78 Å². The zero-order chi connectivity index (χ0) is 18.2. The van der Waals surface area contributed by atoms with E-state index >= 15 is 0 Å². The molecule has 1 aromatic rings. The first-order valence-corrected chi connectivity index (χ1v) is 8.69. The molecule has 1 aliphatic rings. The van der Waals surface area contributed by atoms with Gasteiger partial charge in [0.05, 0.1) is 13.7 Å². The predicted octanol–water partition coefficient (Wildman–Crippen LogP) is 3.36. The lowest BCUT2D eigenvalue weighted by molar-refractivity contribution is 0.0744. The molecule has 148 valence electrons. The molecule has 26 heavy (non-hydrogen) atoms. The van der Waals surface area contributed by atoms with Gasteiger partial charge in [0.15, 0.2) is 5.96 Å². The summed E-state index contributed by atoms with van der Waals surface area (Å²) in [5, 5.41) is 7.23. The molecule has 1 fully saturated rings. The number of hydrogen-bond acceptors (Lipinski definition) is 3. The van der Waals surface area contributed by atoms with Crippen LogP contribution in [0.2, 0.25) is 5.02 Å². The van der Waals surface area contributed by atoms with Gasteiger partial charge in [0, 0.05) is 43.3 Å². The molecule has 1 heterocycles. The summed E-state index contributed by atoms with van der Waals surface area (Å²) in [6.45, 7) is 1.74. The minimum absolute atomic E-state index is 0. The average molecular weight is 503 g/mol. The molecule has 0 unspecified atom stereocenters. The molecule has 0 spiro atoms. The molecule has 1 saturated heterocycles. The summed E-state index contributed by atoms with van der Waals surface area (Å²) < 4.78 is 30.2. The smallest absolute Gasteiger partial charge is 0.251 e. The highest BCUT2D eigenvalue weighted by atomic mass is 127. The molecule has 1 aromatic carbocycles. The number of hydrogen-bond donors (Lipinski definition) is 2. The van der Waals surface area contributed by atoms with Gasteiger partial charge in [0.25, 0.3) is 6.43 Å². The lowest BCUT2D eigenvalue weighted by Crippen LogP contribution is -2.49. The maximum atomic E-state index is 12.4. The number of guanidine groups is 1. The third-order valence-corrected chi connectivity index (χ3v) is 4.48. The van der Waals surface area contributed by atoms with Crippen molar-refractivity contribution in [2.75, 3.05) is 33.8 Å². The summed E-state index contributed by atoms with van der Waals surface area (Å²) in [5.74, 6) is 1.40. The van der Waals surface area contributed by atoms with Crippen molar-refractivity contribution >= 4 is 41.5 Å². The van der Waals surface area contributed by atoms with Crippen molar-refractivity contribution in [2.45, 2.75) is 31.9 Å². The van der Waals surface area contributed by atoms with Gasteiger partial charge in [0.2, 0.25) is 0 Å². The maximum Gasteiger partial charge on any atom is 0.251 e. The number of likely N-dealkylation sites (tertiary alicyclic amines) is 1. The average Bonchev–Trinajstić information content (AvgIpc) is 2.60. The molecule has 9 heteroatoms. The van der Waals surface area contributed by atoms with E-state index in [1.807, 2.05) is 12.1 Å². The van der Waals surface area contributed by atoms with Gasteiger partial charge in [0.1, 0.15) is 5.75 Å². The van der Waals surface area contributed by atoms with Crippen LogP contribution in [0, 0.1) is 0 Å². The third kappa shape index (κ3) is 7.40. The van der Waals surface area contributed by atoms with Crippen LogP contribution in [0.1, 0.15) is 18.4 Å². The first-order chi connectivity index (χ1) is 12.0. The van der Waals surface area contributed by atoms with E-state index in [-0.39, 0.29) is 36.6 Å². The second-order valence-electron chi connectivity index (χ2n) is 5.99. The zero-order valence-corrected chi connectivity index (χ0v) is 18.1. The predicted molar refractivity (Wildman–Crippen MR) is 112 cm³/mol. The molecule has 0 aliphatic carbocycles. The van der Waals surface area contributed by atoms with Gasteiger partial charge in [-0.1, -0.05) is 17.7 Å². The molecule has 2 rings (SSSR count). The molecular formula is C17H26ClF2IN4O. The standard InChI is InChI=1S/C17H25ClF2N4O.HI/c1-21-17(22-10-12-3-4-13(18)9-15(12)25-2)23-14-5-7-24(8-6-14)11-16(19)20;/h3-4,9,14,16H,5-8,10-11H2,1-2H3,(H2,21,22,23);1H. The Hall–Kier alpha value is -0.870. The molecule has 5 nitrogen and oxygen atoms in total. The molecule has 0 amide bonds. The SMILES string of the molecule is CN=C(NCc1ccc(Cl)cc1OC)NC1CCN(CC(F)F)CC1.I. The number of rotatable bonds is 6. The fourth-order valence-electron chi connectivity index (χ4n) is 2.89. The topological polar surface area (TPSA) is 48.9 Å². The first kappa shape index (κ1) is 23.2. The molecule has 0 saturated carbocycles. The van der Waals surface area contributed by atoms with Crippen molar-refractivity contribution in [3.63, 3.8) is 0 Å². The summed E-state index contributed by atoms with van der Waals surface area (Å²) in [5.41, 5.74) is 0.974. The Kier molecular flexibility index (Phi) is 10.5. The van der Waals surface area contributed by atoms with Crippen molar-refractivity contribution in [1.82, 2.24) is 15.5 Å². The summed E-state index contributed by atoms with van der Waals surface area (Å²) in [6, 6.07) is 5.72. The lowest BCUT2D eigenvalue weighted by atomic mass is 10.1. The number of ether oxygens (including phenoxy) is 1. The van der Waals surface area contributed by atoms with E-state index in [4.69, 9.17) is 16.3 Å². The van der Waals surface area contributed by atoms with Crippen LogP contribution in [0.4, 0.5) is 8.78 Å². The summed E-state index contributed by atoms with van der Waals surface area (Å²) in [6.07, 6.45) is -0.636. The summed E-state index contributed by atoms with van der Waals surface area (Å²) in [7, 11) is 3.32. The number of benzene rings is 1. The molecule has 0 aromatic heterocycles. The van der Waals surface area contributed by atoms with E-state index in [1.165, 1.54) is 0 Å². The normalized spacial score (nSPS) is 16.3. The second-order valence-corrected chi connectivity index (χ2v) is 6.43. The van der Waals surface area contributed by atoms with Crippen LogP contribution in [0.15, 0.2) is 23.2 Å². The quantitative estimate of drug-likeness (QED) is 0.356. The Bertz CT molecular complexity index is 584. The Morgan fingerprint density at radius 3 is 2.65 bits per heavy atom. The van der Waals surface area contributed by atoms with Crippen LogP contribution in [0.3, 0.4) is 0 Å². The van der Waals surface area contributed by atoms with Crippen LogP contribution >= 0.6 is 35.6 Å². The molecule has 0 radical (unpaired) electrons. The molecular weight excluding hydrogens is 477 g/mol. The fourth-order valence-corrected chi connectivity index (χ4v) is 3.05. The molecule has 1 aliphatic heterocycles. The Morgan fingerprint density at radius 2 is 2.08 bits per heavy atom. The highest BCUT2D eigenvalue weighted by Crippen LogP contribution is 2.22. The fraction of sp³-hybridized carbons (Fsp3) is 0.588. The number of aliphatic imine (C=N–C) groups is 1. The van der Waals surface area contributed by atoms with Gasteiger partial charge in [-0.3, -0.25) is 9.89 Å². The number of methoxy groups -OCH3 is 1. The second kappa shape index (κ2) is 11.8. The van der Waals surface area contributed by atoms with E-state index in [1.54, 1.807) is 25.1 Å². The highest BCUT2D eigenvalue weighted by Gasteiger charge is 2.22. The number of piperidine rings is 1. The first-order valence-electron chi connectivity index (χ1n) is 8.32. The number of nitrogens with zero attached hydrogens (tertiary/aromatic N) is 2. The van der Waals surface area contributed by atoms with E-state index in [0.717, 1.165) is 24.2 Å². The minimum atomic E-state index is -2.27. The highest BCUT2D eigenvalue weighted by molar-refractivity contribution is 14.0. The Balaban J connectivity index is 0.00000338. The Labute approximate surface area is 175 Å². The van der Waals surface area contributed by atoms with E-state index in [0.29, 0.717) is 30.6 Å². The van der Waals surface area contributed by atoms with Crippen molar-refractivity contribution < 1.29 is 13.5 Å². The van der Waals surface area contributed by atoms with Crippen LogP contribution in [0.25, 0.3) is 0 Å². The van der Waals surface area contributed by atoms with E-state index in [2.05, 4.69) is 15.6 Å². The van der Waals surface area contributed by atoms with Gasteiger partial charge >= 0.3 is 0 Å². The third-order valence-electron chi connectivity index (χ3n) is 4.24. The number of alkyl halides is 2. The van der Waals surface area contributed by atoms with Gasteiger partial charge in [-0.05, 0) is 25.0 Å². The van der Waals surface area contributed by atoms with Crippen LogP contribution in [0.5, 0.6) is 5.75 Å². The van der Waals surface area contributed by atoms with Crippen molar-refractivity contribution in [2.24, 2.45) is 4.99 Å². The maximum absolute atomic E-state index is 12.4. The van der Waals surface area contributed by atoms with Crippen molar-refractivity contribution in [3.05, 3.63) is 28.8 Å². The van der Waals surface area contributed by atoms with Gasteiger partial charge in [-0.15, -0.1) is 24.0 Å². The molecule has 0 bridgehead atoms. The molecule has 2 N–H and O–H groups in total. The largest absolute Gasteiger partial charge is 0.496 e. The zero-order valence-electron chi connectivity index (χ0n) is 15.0. The van der Waals surface area contributed by atoms with Crippen molar-refractivity contribution in [3.8, 4) is 5.75 Å².